The third-order valence-electron chi connectivity index (χ3n) is 5.16. The first-order valence-corrected chi connectivity index (χ1v) is 12.2. The number of aryl methyl sites for hydroxylation is 1. The van der Waals surface area contributed by atoms with Gasteiger partial charge < -0.3 is 15.0 Å². The molecule has 1 atom stereocenters. The van der Waals surface area contributed by atoms with Crippen molar-refractivity contribution in [1.29, 1.82) is 0 Å². The Hall–Kier alpha value is -3.65. The largest absolute Gasteiger partial charge is 0.480 e. The van der Waals surface area contributed by atoms with Crippen LogP contribution in [0.15, 0.2) is 67.1 Å². The first kappa shape index (κ1) is 25.0. The van der Waals surface area contributed by atoms with Gasteiger partial charge in [-0.3, -0.25) is 9.59 Å². The Labute approximate surface area is 202 Å². The van der Waals surface area contributed by atoms with Crippen molar-refractivity contribution in [3.05, 3.63) is 84.0 Å². The lowest BCUT2D eigenvalue weighted by Gasteiger charge is -2.16. The van der Waals surface area contributed by atoms with Gasteiger partial charge in [-0.25, -0.2) is 9.78 Å². The fourth-order valence-corrected chi connectivity index (χ4v) is 3.91. The Morgan fingerprint density at radius 3 is 2.59 bits per heavy atom. The Bertz CT molecular complexity index is 1190. The van der Waals surface area contributed by atoms with Gasteiger partial charge in [-0.15, -0.1) is 0 Å². The molecule has 1 amide bonds. The number of hydrogen-bond acceptors (Lipinski definition) is 5. The topological polar surface area (TPSA) is 101 Å². The Morgan fingerprint density at radius 2 is 1.94 bits per heavy atom. The lowest BCUT2D eigenvalue weighted by molar-refractivity contribution is -0.139. The van der Waals surface area contributed by atoms with Gasteiger partial charge in [0.15, 0.2) is 5.78 Å². The second kappa shape index (κ2) is 12.0. The number of aliphatic carboxylic acids is 1. The molecular formula is C26H27N3O4S. The average Bonchev–Trinajstić information content (AvgIpc) is 3.24. The Kier molecular flexibility index (Phi) is 8.81. The summed E-state index contributed by atoms with van der Waals surface area (Å²) in [5.41, 5.74) is 3.30. The predicted octanol–water partition coefficient (Wildman–Crippen LogP) is 3.85. The van der Waals surface area contributed by atoms with Crippen LogP contribution in [0.3, 0.4) is 0 Å². The number of rotatable bonds is 11. The molecule has 3 rings (SSSR count). The van der Waals surface area contributed by atoms with Crippen LogP contribution >= 0.6 is 11.8 Å². The van der Waals surface area contributed by atoms with Gasteiger partial charge in [-0.05, 0) is 53.3 Å². The van der Waals surface area contributed by atoms with E-state index in [0.29, 0.717) is 29.0 Å². The maximum atomic E-state index is 13.0. The molecule has 0 radical (unpaired) electrons. The fraction of sp³-hybridized carbons (Fsp3) is 0.231. The van der Waals surface area contributed by atoms with E-state index in [1.807, 2.05) is 49.7 Å². The second-order valence-corrected chi connectivity index (χ2v) is 8.81. The van der Waals surface area contributed by atoms with Gasteiger partial charge in [0.2, 0.25) is 0 Å². The van der Waals surface area contributed by atoms with Crippen LogP contribution in [0.1, 0.15) is 28.0 Å². The SMILES string of the molecule is CSCCC(NC(=O)c1ccc(C=CC(=O)Cc2cn(C)cn2)cc1-c1ccccc1)C(=O)O. The maximum Gasteiger partial charge on any atom is 0.326 e. The van der Waals surface area contributed by atoms with E-state index < -0.39 is 17.9 Å². The molecule has 0 aliphatic heterocycles. The molecule has 0 bridgehead atoms. The van der Waals surface area contributed by atoms with Crippen molar-refractivity contribution in [2.24, 2.45) is 7.05 Å². The van der Waals surface area contributed by atoms with Crippen LogP contribution < -0.4 is 5.32 Å². The highest BCUT2D eigenvalue weighted by Gasteiger charge is 2.22. The van der Waals surface area contributed by atoms with Crippen molar-refractivity contribution in [2.45, 2.75) is 18.9 Å². The summed E-state index contributed by atoms with van der Waals surface area (Å²) in [5, 5.41) is 12.1. The van der Waals surface area contributed by atoms with Gasteiger partial charge in [0.05, 0.1) is 18.4 Å². The number of imidazole rings is 1. The number of ketones is 1. The van der Waals surface area contributed by atoms with Crippen molar-refractivity contribution in [2.75, 3.05) is 12.0 Å². The van der Waals surface area contributed by atoms with Crippen molar-refractivity contribution < 1.29 is 19.5 Å². The molecule has 1 aromatic heterocycles. The van der Waals surface area contributed by atoms with E-state index in [2.05, 4.69) is 10.3 Å². The van der Waals surface area contributed by atoms with Crippen molar-refractivity contribution in [3.8, 4) is 11.1 Å². The third kappa shape index (κ3) is 6.92. The monoisotopic (exact) mass is 477 g/mol. The molecule has 1 heterocycles. The summed E-state index contributed by atoms with van der Waals surface area (Å²) >= 11 is 1.53. The van der Waals surface area contributed by atoms with E-state index >= 15 is 0 Å². The first-order valence-electron chi connectivity index (χ1n) is 10.8. The van der Waals surface area contributed by atoms with Crippen LogP contribution in [-0.4, -0.2) is 50.4 Å². The van der Waals surface area contributed by atoms with Gasteiger partial charge in [-0.1, -0.05) is 42.5 Å². The van der Waals surface area contributed by atoms with Crippen LogP contribution in [0, 0.1) is 0 Å². The van der Waals surface area contributed by atoms with E-state index in [9.17, 15) is 19.5 Å². The molecule has 7 nitrogen and oxygen atoms in total. The summed E-state index contributed by atoms with van der Waals surface area (Å²) in [5.74, 6) is -0.970. The number of allylic oxidation sites excluding steroid dienone is 1. The highest BCUT2D eigenvalue weighted by molar-refractivity contribution is 7.98. The lowest BCUT2D eigenvalue weighted by atomic mass is 9.96. The van der Waals surface area contributed by atoms with E-state index in [1.165, 1.54) is 17.8 Å². The summed E-state index contributed by atoms with van der Waals surface area (Å²) in [7, 11) is 1.85. The standard InChI is InChI=1S/C26H27N3O4S/c1-29-16-20(27-17-29)15-21(30)10-8-18-9-11-22(23(14-18)19-6-4-3-5-7-19)25(31)28-24(26(32)33)12-13-34-2/h3-11,14,16-17,24H,12-13,15H2,1-2H3,(H,28,31)(H,32,33). The van der Waals surface area contributed by atoms with Crippen molar-refractivity contribution >= 4 is 35.5 Å². The minimum absolute atomic E-state index is 0.0834. The van der Waals surface area contributed by atoms with E-state index in [-0.39, 0.29) is 12.2 Å². The minimum atomic E-state index is -1.06. The molecule has 3 aromatic rings. The van der Waals surface area contributed by atoms with Crippen LogP contribution in [0.5, 0.6) is 0 Å². The molecule has 2 N–H and O–H groups in total. The van der Waals surface area contributed by atoms with Crippen molar-refractivity contribution in [1.82, 2.24) is 14.9 Å². The number of carboxylic acid groups (broad SMARTS) is 1. The van der Waals surface area contributed by atoms with Gasteiger partial charge in [0.25, 0.3) is 5.91 Å². The highest BCUT2D eigenvalue weighted by Crippen LogP contribution is 2.26. The fourth-order valence-electron chi connectivity index (χ4n) is 3.43. The number of benzene rings is 2. The lowest BCUT2D eigenvalue weighted by Crippen LogP contribution is -2.41. The van der Waals surface area contributed by atoms with Gasteiger partial charge in [-0.2, -0.15) is 11.8 Å². The molecule has 0 aliphatic rings. The van der Waals surface area contributed by atoms with Gasteiger partial charge in [0.1, 0.15) is 6.04 Å². The average molecular weight is 478 g/mol. The number of thioether (sulfide) groups is 1. The normalized spacial score (nSPS) is 11.9. The molecule has 1 unspecified atom stereocenters. The highest BCUT2D eigenvalue weighted by atomic mass is 32.2. The molecular weight excluding hydrogens is 450 g/mol. The molecule has 0 spiro atoms. The number of nitrogens with one attached hydrogen (secondary N) is 1. The first-order chi connectivity index (χ1) is 16.4. The molecule has 176 valence electrons. The molecule has 0 fully saturated rings. The van der Waals surface area contributed by atoms with Crippen molar-refractivity contribution in [3.63, 3.8) is 0 Å². The minimum Gasteiger partial charge on any atom is -0.480 e. The summed E-state index contributed by atoms with van der Waals surface area (Å²) in [4.78, 5) is 41.1. The number of carboxylic acids is 1. The second-order valence-electron chi connectivity index (χ2n) is 7.82. The summed E-state index contributed by atoms with van der Waals surface area (Å²) in [6.07, 6.45) is 9.09. The molecule has 0 aliphatic carbocycles. The van der Waals surface area contributed by atoms with Crippen LogP contribution in [0.2, 0.25) is 0 Å². The number of hydrogen-bond donors (Lipinski definition) is 2. The van der Waals surface area contributed by atoms with E-state index in [0.717, 1.165) is 11.1 Å². The zero-order valence-corrected chi connectivity index (χ0v) is 19.9. The van der Waals surface area contributed by atoms with Crippen LogP contribution in [0.25, 0.3) is 17.2 Å². The molecule has 34 heavy (non-hydrogen) atoms. The molecule has 0 saturated heterocycles. The predicted molar refractivity (Wildman–Crippen MR) is 135 cm³/mol. The number of nitrogens with zero attached hydrogens (tertiary/aromatic N) is 2. The maximum absolute atomic E-state index is 13.0. The summed E-state index contributed by atoms with van der Waals surface area (Å²) < 4.78 is 1.79. The zero-order valence-electron chi connectivity index (χ0n) is 19.1. The molecule has 8 heteroatoms. The zero-order chi connectivity index (χ0) is 24.5. The summed E-state index contributed by atoms with van der Waals surface area (Å²) in [6, 6.07) is 13.6. The number of amides is 1. The van der Waals surface area contributed by atoms with Gasteiger partial charge in [0, 0.05) is 18.8 Å². The van der Waals surface area contributed by atoms with Gasteiger partial charge >= 0.3 is 5.97 Å². The van der Waals surface area contributed by atoms with Crippen LogP contribution in [0.4, 0.5) is 0 Å². The molecule has 2 aromatic carbocycles. The quantitative estimate of drug-likeness (QED) is 0.407. The number of aromatic nitrogens is 2. The summed E-state index contributed by atoms with van der Waals surface area (Å²) in [6.45, 7) is 0. The molecule has 0 saturated carbocycles. The Balaban J connectivity index is 1.85. The van der Waals surface area contributed by atoms with E-state index in [4.69, 9.17) is 0 Å². The smallest absolute Gasteiger partial charge is 0.326 e. The number of carbonyl (C=O) groups is 3. The number of carbonyl (C=O) groups excluding carboxylic acids is 2. The van der Waals surface area contributed by atoms with Crippen LogP contribution in [-0.2, 0) is 23.1 Å². The Morgan fingerprint density at radius 1 is 1.18 bits per heavy atom. The third-order valence-corrected chi connectivity index (χ3v) is 5.81. The van der Waals surface area contributed by atoms with E-state index in [1.54, 1.807) is 35.3 Å².